The van der Waals surface area contributed by atoms with E-state index in [0.717, 1.165) is 24.4 Å². The van der Waals surface area contributed by atoms with Gasteiger partial charge in [0.15, 0.2) is 0 Å². The number of hydrogen-bond donors (Lipinski definition) is 0. The molecule has 0 aliphatic heterocycles. The first-order chi connectivity index (χ1) is 13.4. The molecule has 0 atom stereocenters. The molecule has 0 heterocycles. The van der Waals surface area contributed by atoms with Crippen LogP contribution >= 0.6 is 0 Å². The van der Waals surface area contributed by atoms with Gasteiger partial charge in [-0.05, 0) is 69.3 Å². The third-order valence-electron chi connectivity index (χ3n) is 3.88. The van der Waals surface area contributed by atoms with E-state index in [1.54, 1.807) is 6.07 Å². The second kappa shape index (κ2) is 10.4. The summed E-state index contributed by atoms with van der Waals surface area (Å²) in [4.78, 5) is 2.23. The number of nitriles is 1. The molecule has 2 rings (SSSR count). The average Bonchev–Trinajstić information content (AvgIpc) is 2.65. The van der Waals surface area contributed by atoms with E-state index in [-0.39, 0.29) is 5.41 Å². The third-order valence-corrected chi connectivity index (χ3v) is 3.88. The Morgan fingerprint density at radius 1 is 1.07 bits per heavy atom. The van der Waals surface area contributed by atoms with Crippen LogP contribution in [-0.4, -0.2) is 18.5 Å². The summed E-state index contributed by atoms with van der Waals surface area (Å²) in [6.07, 6.45) is 4.01. The van der Waals surface area contributed by atoms with E-state index >= 15 is 0 Å². The molecule has 2 aromatic rings. The standard InChI is InChI=1S/C25H28N2O/c1-25(2,3)14-6-5-7-15-27(4)19-22-11-9-13-24(17-22)28-20-23-12-8-10-21(16-23)18-26/h5,7-13,16-17H,15,19-20H2,1-4H3/b7-5+. The molecule has 3 heteroatoms. The van der Waals surface area contributed by atoms with Gasteiger partial charge in [-0.25, -0.2) is 0 Å². The van der Waals surface area contributed by atoms with Crippen molar-refractivity contribution in [3.8, 4) is 23.7 Å². The summed E-state index contributed by atoms with van der Waals surface area (Å²) in [5.41, 5.74) is 2.87. The van der Waals surface area contributed by atoms with Crippen LogP contribution < -0.4 is 4.74 Å². The normalized spacial score (nSPS) is 11.1. The number of ether oxygens (including phenoxy) is 1. The molecule has 0 spiro atoms. The lowest BCUT2D eigenvalue weighted by Crippen LogP contribution is -2.17. The van der Waals surface area contributed by atoms with Gasteiger partial charge in [0, 0.05) is 18.5 Å². The fraction of sp³-hybridized carbons (Fsp3) is 0.320. The molecule has 0 saturated carbocycles. The topological polar surface area (TPSA) is 36.3 Å². The maximum atomic E-state index is 8.99. The van der Waals surface area contributed by atoms with Crippen molar-refractivity contribution >= 4 is 0 Å². The van der Waals surface area contributed by atoms with E-state index in [1.165, 1.54) is 5.56 Å². The van der Waals surface area contributed by atoms with Crippen LogP contribution in [0.25, 0.3) is 0 Å². The second-order valence-corrected chi connectivity index (χ2v) is 7.87. The molecule has 0 fully saturated rings. The molecule has 0 aromatic heterocycles. The fourth-order valence-electron chi connectivity index (χ4n) is 2.56. The fourth-order valence-corrected chi connectivity index (χ4v) is 2.56. The largest absolute Gasteiger partial charge is 0.489 e. The summed E-state index contributed by atoms with van der Waals surface area (Å²) in [6.45, 7) is 8.44. The number of likely N-dealkylation sites (N-methyl/N-ethyl adjacent to an activating group) is 1. The lowest BCUT2D eigenvalue weighted by atomic mass is 9.98. The van der Waals surface area contributed by atoms with Gasteiger partial charge in [0.05, 0.1) is 11.6 Å². The number of benzene rings is 2. The van der Waals surface area contributed by atoms with Crippen molar-refractivity contribution in [1.29, 1.82) is 5.26 Å². The molecule has 2 aromatic carbocycles. The lowest BCUT2D eigenvalue weighted by molar-refractivity contribution is 0.304. The Morgan fingerprint density at radius 2 is 1.82 bits per heavy atom. The quantitative estimate of drug-likeness (QED) is 0.629. The van der Waals surface area contributed by atoms with Gasteiger partial charge in [0.2, 0.25) is 0 Å². The summed E-state index contributed by atoms with van der Waals surface area (Å²) >= 11 is 0. The number of rotatable bonds is 7. The highest BCUT2D eigenvalue weighted by Crippen LogP contribution is 2.17. The van der Waals surface area contributed by atoms with Gasteiger partial charge in [-0.2, -0.15) is 5.26 Å². The Balaban J connectivity index is 1.87. The van der Waals surface area contributed by atoms with Crippen molar-refractivity contribution in [3.05, 3.63) is 77.4 Å². The maximum absolute atomic E-state index is 8.99. The molecule has 0 aliphatic carbocycles. The van der Waals surface area contributed by atoms with Crippen molar-refractivity contribution in [2.75, 3.05) is 13.6 Å². The zero-order chi connectivity index (χ0) is 20.4. The smallest absolute Gasteiger partial charge is 0.120 e. The van der Waals surface area contributed by atoms with Gasteiger partial charge < -0.3 is 4.74 Å². The number of hydrogen-bond acceptors (Lipinski definition) is 3. The zero-order valence-electron chi connectivity index (χ0n) is 17.2. The lowest BCUT2D eigenvalue weighted by Gasteiger charge is -2.15. The molecule has 144 valence electrons. The number of nitrogens with zero attached hydrogens (tertiary/aromatic N) is 2. The molecule has 0 unspecified atom stereocenters. The van der Waals surface area contributed by atoms with Gasteiger partial charge in [-0.1, -0.05) is 42.2 Å². The van der Waals surface area contributed by atoms with Crippen molar-refractivity contribution < 1.29 is 4.74 Å². The molecule has 0 radical (unpaired) electrons. The van der Waals surface area contributed by atoms with E-state index in [1.807, 2.05) is 36.4 Å². The van der Waals surface area contributed by atoms with E-state index in [4.69, 9.17) is 10.00 Å². The van der Waals surface area contributed by atoms with Crippen LogP contribution in [0.5, 0.6) is 5.75 Å². The minimum absolute atomic E-state index is 0.0343. The number of allylic oxidation sites excluding steroid dienone is 1. The molecular weight excluding hydrogens is 344 g/mol. The molecular formula is C25H28N2O. The summed E-state index contributed by atoms with van der Waals surface area (Å²) in [7, 11) is 2.09. The van der Waals surface area contributed by atoms with Crippen LogP contribution in [0.2, 0.25) is 0 Å². The Labute approximate surface area is 169 Å². The molecule has 0 saturated heterocycles. The summed E-state index contributed by atoms with van der Waals surface area (Å²) < 4.78 is 5.90. The Hall–Kier alpha value is -3.01. The van der Waals surface area contributed by atoms with Crippen molar-refractivity contribution in [2.45, 2.75) is 33.9 Å². The van der Waals surface area contributed by atoms with Crippen LogP contribution in [0.15, 0.2) is 60.7 Å². The summed E-state index contributed by atoms with van der Waals surface area (Å²) in [5, 5.41) is 8.99. The van der Waals surface area contributed by atoms with E-state index in [0.29, 0.717) is 12.2 Å². The second-order valence-electron chi connectivity index (χ2n) is 7.87. The van der Waals surface area contributed by atoms with Gasteiger partial charge in [-0.3, -0.25) is 4.90 Å². The third kappa shape index (κ3) is 8.12. The predicted molar refractivity (Wildman–Crippen MR) is 115 cm³/mol. The van der Waals surface area contributed by atoms with Crippen molar-refractivity contribution in [2.24, 2.45) is 5.41 Å². The molecule has 0 bridgehead atoms. The highest BCUT2D eigenvalue weighted by molar-refractivity contribution is 5.33. The first-order valence-electron chi connectivity index (χ1n) is 9.43. The van der Waals surface area contributed by atoms with Crippen molar-refractivity contribution in [3.63, 3.8) is 0 Å². The molecule has 0 amide bonds. The first-order valence-corrected chi connectivity index (χ1v) is 9.43. The summed E-state index contributed by atoms with van der Waals surface area (Å²) in [5.74, 6) is 7.13. The van der Waals surface area contributed by atoms with Crippen LogP contribution in [0.3, 0.4) is 0 Å². The van der Waals surface area contributed by atoms with E-state index in [9.17, 15) is 0 Å². The van der Waals surface area contributed by atoms with Gasteiger partial charge in [0.25, 0.3) is 0 Å². The van der Waals surface area contributed by atoms with Gasteiger partial charge >= 0.3 is 0 Å². The van der Waals surface area contributed by atoms with Gasteiger partial charge in [-0.15, -0.1) is 0 Å². The van der Waals surface area contributed by atoms with Crippen LogP contribution in [0, 0.1) is 28.6 Å². The molecule has 0 aliphatic rings. The first kappa shape index (κ1) is 21.3. The maximum Gasteiger partial charge on any atom is 0.120 e. The van der Waals surface area contributed by atoms with Crippen LogP contribution in [-0.2, 0) is 13.2 Å². The van der Waals surface area contributed by atoms with Gasteiger partial charge in [0.1, 0.15) is 12.4 Å². The Kier molecular flexibility index (Phi) is 7.88. The molecule has 3 nitrogen and oxygen atoms in total. The minimum atomic E-state index is 0.0343. The van der Waals surface area contributed by atoms with Crippen LogP contribution in [0.1, 0.15) is 37.5 Å². The minimum Gasteiger partial charge on any atom is -0.489 e. The zero-order valence-corrected chi connectivity index (χ0v) is 17.2. The Bertz CT molecular complexity index is 904. The van der Waals surface area contributed by atoms with Crippen molar-refractivity contribution in [1.82, 2.24) is 4.90 Å². The monoisotopic (exact) mass is 372 g/mol. The van der Waals surface area contributed by atoms with Crippen LogP contribution in [0.4, 0.5) is 0 Å². The molecule has 28 heavy (non-hydrogen) atoms. The molecule has 0 N–H and O–H groups in total. The summed E-state index contributed by atoms with van der Waals surface area (Å²) in [6, 6.07) is 17.8. The Morgan fingerprint density at radius 3 is 2.57 bits per heavy atom. The van der Waals surface area contributed by atoms with E-state index < -0.39 is 0 Å². The average molecular weight is 373 g/mol. The highest BCUT2D eigenvalue weighted by Gasteiger charge is 2.03. The predicted octanol–water partition coefficient (Wildman–Crippen LogP) is 5.17. The SMILES string of the molecule is CN(C/C=C/C#CC(C)(C)C)Cc1cccc(OCc2cccc(C#N)c2)c1. The van der Waals surface area contributed by atoms with E-state index in [2.05, 4.69) is 68.8 Å². The highest BCUT2D eigenvalue weighted by atomic mass is 16.5.